The largest absolute Gasteiger partial charge is 0.352 e. The molecule has 4 nitrogen and oxygen atoms in total. The highest BCUT2D eigenvalue weighted by Gasteiger charge is 2.05. The van der Waals surface area contributed by atoms with Crippen molar-refractivity contribution in [3.63, 3.8) is 0 Å². The number of rotatable bonds is 4. The molecule has 1 heterocycles. The zero-order valence-electron chi connectivity index (χ0n) is 13.1. The predicted octanol–water partition coefficient (Wildman–Crippen LogP) is 4.14. The van der Waals surface area contributed by atoms with Crippen LogP contribution in [0, 0.1) is 19.7 Å². The lowest BCUT2D eigenvalue weighted by Gasteiger charge is -2.11. The van der Waals surface area contributed by atoms with Crippen LogP contribution in [-0.4, -0.2) is 18.0 Å². The van der Waals surface area contributed by atoms with Crippen LogP contribution in [0.3, 0.4) is 0 Å². The number of hydrogen-bond donors (Lipinski definition) is 2. The van der Waals surface area contributed by atoms with Crippen molar-refractivity contribution in [2.75, 3.05) is 7.05 Å². The molecule has 0 spiro atoms. The van der Waals surface area contributed by atoms with Crippen molar-refractivity contribution < 1.29 is 4.39 Å². The molecule has 0 amide bonds. The molecule has 2 rings (SSSR count). The molecule has 2 aromatic rings. The first-order chi connectivity index (χ1) is 10.5. The van der Waals surface area contributed by atoms with Crippen LogP contribution >= 0.6 is 51.2 Å². The number of aryl methyl sites for hydroxylation is 2. The minimum Gasteiger partial charge on any atom is -0.352 e. The van der Waals surface area contributed by atoms with Gasteiger partial charge in [0, 0.05) is 22.9 Å². The number of hydrogen-bond acceptors (Lipinski definition) is 3. The second-order valence-corrected chi connectivity index (χ2v) is 7.01. The molecule has 0 aliphatic rings. The number of benzene rings is 1. The maximum absolute atomic E-state index is 13.3. The summed E-state index contributed by atoms with van der Waals surface area (Å²) in [6.07, 6.45) is 0. The van der Waals surface area contributed by atoms with Gasteiger partial charge < -0.3 is 10.6 Å². The van der Waals surface area contributed by atoms with E-state index in [9.17, 15) is 4.39 Å². The zero-order chi connectivity index (χ0) is 16.1. The Hall–Kier alpha value is -0.740. The summed E-state index contributed by atoms with van der Waals surface area (Å²) < 4.78 is 14.1. The van der Waals surface area contributed by atoms with Crippen LogP contribution in [0.5, 0.6) is 0 Å². The fraction of sp³-hybridized carbons (Fsp3) is 0.333. The van der Waals surface area contributed by atoms with E-state index in [4.69, 9.17) is 0 Å². The molecule has 0 saturated carbocycles. The van der Waals surface area contributed by atoms with Crippen molar-refractivity contribution in [2.24, 2.45) is 4.99 Å². The summed E-state index contributed by atoms with van der Waals surface area (Å²) in [7, 11) is 1.70. The van der Waals surface area contributed by atoms with Gasteiger partial charge in [0.25, 0.3) is 0 Å². The summed E-state index contributed by atoms with van der Waals surface area (Å²) >= 11 is 4.96. The lowest BCUT2D eigenvalue weighted by Crippen LogP contribution is -2.36. The first-order valence-electron chi connectivity index (χ1n) is 6.80. The van der Waals surface area contributed by atoms with Crippen molar-refractivity contribution in [2.45, 2.75) is 26.9 Å². The molecule has 1 aromatic carbocycles. The highest BCUT2D eigenvalue weighted by molar-refractivity contribution is 14.0. The topological polar surface area (TPSA) is 49.3 Å². The number of halogens is 3. The second kappa shape index (κ2) is 9.53. The van der Waals surface area contributed by atoms with Gasteiger partial charge in [-0.05, 0) is 37.6 Å². The molecule has 126 valence electrons. The van der Waals surface area contributed by atoms with Crippen LogP contribution in [0.15, 0.2) is 27.7 Å². The van der Waals surface area contributed by atoms with Crippen LogP contribution in [0.1, 0.15) is 21.1 Å². The van der Waals surface area contributed by atoms with Crippen LogP contribution in [0.2, 0.25) is 0 Å². The highest BCUT2D eigenvalue weighted by Crippen LogP contribution is 2.16. The average Bonchev–Trinajstić information content (AvgIpc) is 2.77. The number of nitrogens with zero attached hydrogens (tertiary/aromatic N) is 2. The fourth-order valence-corrected chi connectivity index (χ4v) is 3.28. The van der Waals surface area contributed by atoms with E-state index in [1.165, 1.54) is 17.0 Å². The monoisotopic (exact) mass is 512 g/mol. The van der Waals surface area contributed by atoms with Crippen molar-refractivity contribution in [3.05, 3.63) is 49.6 Å². The molecular formula is C15H19BrFIN4S. The zero-order valence-corrected chi connectivity index (χ0v) is 17.8. The fourth-order valence-electron chi connectivity index (χ4n) is 1.89. The normalized spacial score (nSPS) is 11.1. The van der Waals surface area contributed by atoms with Crippen molar-refractivity contribution in [3.8, 4) is 0 Å². The molecule has 8 heteroatoms. The first-order valence-corrected chi connectivity index (χ1v) is 8.41. The van der Waals surface area contributed by atoms with E-state index >= 15 is 0 Å². The van der Waals surface area contributed by atoms with Gasteiger partial charge in [-0.1, -0.05) is 15.9 Å². The first kappa shape index (κ1) is 20.3. The van der Waals surface area contributed by atoms with Gasteiger partial charge in [-0.2, -0.15) is 0 Å². The number of nitrogens with one attached hydrogen (secondary N) is 2. The molecular weight excluding hydrogens is 494 g/mol. The second-order valence-electron chi connectivity index (χ2n) is 4.81. The smallest absolute Gasteiger partial charge is 0.191 e. The predicted molar refractivity (Wildman–Crippen MR) is 108 cm³/mol. The molecule has 0 unspecified atom stereocenters. The van der Waals surface area contributed by atoms with E-state index in [1.54, 1.807) is 18.4 Å². The average molecular weight is 513 g/mol. The minimum atomic E-state index is -0.261. The summed E-state index contributed by atoms with van der Waals surface area (Å²) in [5, 5.41) is 7.39. The molecule has 0 aliphatic carbocycles. The molecule has 0 fully saturated rings. The van der Waals surface area contributed by atoms with Crippen molar-refractivity contribution in [1.82, 2.24) is 15.6 Å². The van der Waals surface area contributed by atoms with E-state index in [0.29, 0.717) is 19.0 Å². The number of aromatic nitrogens is 1. The van der Waals surface area contributed by atoms with Crippen LogP contribution in [0.25, 0.3) is 0 Å². The molecule has 1 aromatic heterocycles. The van der Waals surface area contributed by atoms with E-state index in [1.807, 2.05) is 13.0 Å². The van der Waals surface area contributed by atoms with Gasteiger partial charge in [0.05, 0.1) is 12.2 Å². The van der Waals surface area contributed by atoms with Crippen molar-refractivity contribution >= 4 is 57.2 Å². The molecule has 0 bridgehead atoms. The third-order valence-corrected chi connectivity index (χ3v) is 4.62. The summed E-state index contributed by atoms with van der Waals surface area (Å²) in [6, 6.07) is 4.80. The van der Waals surface area contributed by atoms with Gasteiger partial charge in [-0.3, -0.25) is 4.99 Å². The van der Waals surface area contributed by atoms with Gasteiger partial charge in [-0.25, -0.2) is 9.37 Å². The maximum atomic E-state index is 13.3. The SMILES string of the molecule is CN=C(NCc1cc(F)cc(Br)c1)NCc1nc(C)c(C)s1.I. The van der Waals surface area contributed by atoms with Gasteiger partial charge in [0.1, 0.15) is 10.8 Å². The molecule has 23 heavy (non-hydrogen) atoms. The minimum absolute atomic E-state index is 0. The Balaban J connectivity index is 0.00000264. The van der Waals surface area contributed by atoms with Gasteiger partial charge in [0.15, 0.2) is 5.96 Å². The molecule has 0 saturated heterocycles. The van der Waals surface area contributed by atoms with E-state index < -0.39 is 0 Å². The number of guanidine groups is 1. The summed E-state index contributed by atoms with van der Waals surface area (Å²) in [4.78, 5) is 9.86. The molecule has 0 radical (unpaired) electrons. The third-order valence-electron chi connectivity index (χ3n) is 3.09. The van der Waals surface area contributed by atoms with E-state index in [0.717, 1.165) is 20.7 Å². The Morgan fingerprint density at radius 1 is 1.26 bits per heavy atom. The standard InChI is InChI=1S/C15H18BrFN4S.HI/c1-9-10(2)22-14(21-9)8-20-15(18-3)19-7-11-4-12(16)6-13(17)5-11;/h4-6H,7-8H2,1-3H3,(H2,18,19,20);1H. The van der Waals surface area contributed by atoms with E-state index in [-0.39, 0.29) is 29.8 Å². The molecule has 2 N–H and O–H groups in total. The molecule has 0 atom stereocenters. The molecule has 0 aliphatic heterocycles. The van der Waals surface area contributed by atoms with Gasteiger partial charge in [-0.15, -0.1) is 35.3 Å². The lowest BCUT2D eigenvalue weighted by atomic mass is 10.2. The highest BCUT2D eigenvalue weighted by atomic mass is 127. The maximum Gasteiger partial charge on any atom is 0.191 e. The quantitative estimate of drug-likeness (QED) is 0.367. The van der Waals surface area contributed by atoms with Crippen LogP contribution in [0.4, 0.5) is 4.39 Å². The number of thiazole rings is 1. The Morgan fingerprint density at radius 2 is 1.96 bits per heavy atom. The summed E-state index contributed by atoms with van der Waals surface area (Å²) in [6.45, 7) is 5.17. The lowest BCUT2D eigenvalue weighted by molar-refractivity contribution is 0.623. The Labute approximate surface area is 165 Å². The van der Waals surface area contributed by atoms with Gasteiger partial charge in [0.2, 0.25) is 0 Å². The Bertz CT molecular complexity index is 650. The Kier molecular flexibility index (Phi) is 8.41. The van der Waals surface area contributed by atoms with E-state index in [2.05, 4.69) is 43.5 Å². The number of aliphatic imine (C=N–C) groups is 1. The van der Waals surface area contributed by atoms with Crippen LogP contribution in [-0.2, 0) is 13.1 Å². The summed E-state index contributed by atoms with van der Waals surface area (Å²) in [5.41, 5.74) is 1.91. The van der Waals surface area contributed by atoms with Gasteiger partial charge >= 0.3 is 0 Å². The van der Waals surface area contributed by atoms with Crippen molar-refractivity contribution in [1.29, 1.82) is 0 Å². The Morgan fingerprint density at radius 3 is 2.52 bits per heavy atom. The van der Waals surface area contributed by atoms with Crippen LogP contribution < -0.4 is 10.6 Å². The third kappa shape index (κ3) is 6.34. The summed E-state index contributed by atoms with van der Waals surface area (Å²) in [5.74, 6) is 0.397.